The van der Waals surface area contributed by atoms with E-state index in [4.69, 9.17) is 4.52 Å². The second kappa shape index (κ2) is 5.01. The Hall–Kier alpha value is -2.28. The second-order valence-corrected chi connectivity index (χ2v) is 4.80. The van der Waals surface area contributed by atoms with Gasteiger partial charge in [-0.05, 0) is 38.1 Å². The van der Waals surface area contributed by atoms with E-state index in [1.54, 1.807) is 24.5 Å². The van der Waals surface area contributed by atoms with Crippen LogP contribution in [0.3, 0.4) is 0 Å². The molecule has 2 N–H and O–H groups in total. The molecule has 20 heavy (non-hydrogen) atoms. The lowest BCUT2D eigenvalue weighted by atomic mass is 9.79. The number of aliphatic carboxylic acids is 1. The van der Waals surface area contributed by atoms with Gasteiger partial charge in [-0.25, -0.2) is 0 Å². The van der Waals surface area contributed by atoms with Crippen LogP contribution < -0.4 is 5.32 Å². The summed E-state index contributed by atoms with van der Waals surface area (Å²) in [5.41, 5.74) is -0.326. The van der Waals surface area contributed by atoms with Gasteiger partial charge in [0.2, 0.25) is 11.7 Å². The number of carboxylic acid groups (broad SMARTS) is 1. The van der Waals surface area contributed by atoms with Crippen molar-refractivity contribution in [2.75, 3.05) is 13.1 Å². The Bertz CT molecular complexity index is 605. The first-order chi connectivity index (χ1) is 9.72. The number of carbonyl (C=O) groups is 1. The van der Waals surface area contributed by atoms with Crippen LogP contribution in [0.5, 0.6) is 0 Å². The maximum atomic E-state index is 11.7. The van der Waals surface area contributed by atoms with Crippen LogP contribution in [0.4, 0.5) is 0 Å². The monoisotopic (exact) mass is 274 g/mol. The number of carboxylic acids is 1. The Morgan fingerprint density at radius 3 is 2.65 bits per heavy atom. The highest BCUT2D eigenvalue weighted by Crippen LogP contribution is 2.33. The van der Waals surface area contributed by atoms with Gasteiger partial charge in [0.25, 0.3) is 0 Å². The predicted molar refractivity (Wildman–Crippen MR) is 68.9 cm³/mol. The number of aromatic nitrogens is 3. The topological polar surface area (TPSA) is 101 Å². The van der Waals surface area contributed by atoms with Gasteiger partial charge in [-0.1, -0.05) is 5.16 Å². The molecule has 7 nitrogen and oxygen atoms in total. The van der Waals surface area contributed by atoms with Gasteiger partial charge in [0.05, 0.1) is 0 Å². The van der Waals surface area contributed by atoms with Crippen LogP contribution in [0.1, 0.15) is 18.7 Å². The summed E-state index contributed by atoms with van der Waals surface area (Å²) in [7, 11) is 0. The molecule has 104 valence electrons. The molecule has 0 radical (unpaired) electrons. The van der Waals surface area contributed by atoms with Crippen molar-refractivity contribution in [1.29, 1.82) is 0 Å². The summed E-state index contributed by atoms with van der Waals surface area (Å²) in [4.78, 5) is 19.9. The van der Waals surface area contributed by atoms with Crippen LogP contribution in [0.25, 0.3) is 11.4 Å². The zero-order valence-corrected chi connectivity index (χ0v) is 10.7. The lowest BCUT2D eigenvalue weighted by Crippen LogP contribution is -2.45. The summed E-state index contributed by atoms with van der Waals surface area (Å²) in [6.45, 7) is 1.25. The average Bonchev–Trinajstić information content (AvgIpc) is 2.99. The molecule has 0 amide bonds. The predicted octanol–water partition coefficient (Wildman–Crippen LogP) is 0.837. The van der Waals surface area contributed by atoms with Gasteiger partial charge in [-0.15, -0.1) is 0 Å². The number of nitrogens with one attached hydrogen (secondary N) is 1. The fourth-order valence-corrected chi connectivity index (χ4v) is 2.41. The van der Waals surface area contributed by atoms with Crippen molar-refractivity contribution in [1.82, 2.24) is 20.4 Å². The number of rotatable bonds is 3. The molecular weight excluding hydrogens is 260 g/mol. The van der Waals surface area contributed by atoms with Crippen LogP contribution >= 0.6 is 0 Å². The summed E-state index contributed by atoms with van der Waals surface area (Å²) in [6, 6.07) is 3.51. The van der Waals surface area contributed by atoms with E-state index in [0.717, 1.165) is 5.56 Å². The summed E-state index contributed by atoms with van der Waals surface area (Å²) in [5, 5.41) is 16.6. The van der Waals surface area contributed by atoms with Crippen molar-refractivity contribution >= 4 is 5.97 Å². The molecule has 3 rings (SSSR count). The van der Waals surface area contributed by atoms with E-state index in [1.807, 2.05) is 0 Å². The minimum Gasteiger partial charge on any atom is -0.480 e. The lowest BCUT2D eigenvalue weighted by molar-refractivity contribution is -0.146. The van der Waals surface area contributed by atoms with Crippen molar-refractivity contribution in [3.8, 4) is 11.4 Å². The Morgan fingerprint density at radius 2 is 2.00 bits per heavy atom. The Kier molecular flexibility index (Phi) is 3.19. The second-order valence-electron chi connectivity index (χ2n) is 4.80. The molecule has 1 saturated heterocycles. The largest absolute Gasteiger partial charge is 0.480 e. The van der Waals surface area contributed by atoms with Crippen molar-refractivity contribution < 1.29 is 14.4 Å². The van der Waals surface area contributed by atoms with Gasteiger partial charge >= 0.3 is 5.97 Å². The fraction of sp³-hybridized carbons (Fsp3) is 0.385. The first-order valence-corrected chi connectivity index (χ1v) is 6.41. The average molecular weight is 274 g/mol. The van der Waals surface area contributed by atoms with Gasteiger partial charge in [-0.2, -0.15) is 4.98 Å². The van der Waals surface area contributed by atoms with E-state index in [9.17, 15) is 9.90 Å². The van der Waals surface area contributed by atoms with E-state index in [1.165, 1.54) is 0 Å². The molecule has 1 aliphatic heterocycles. The molecule has 0 unspecified atom stereocenters. The van der Waals surface area contributed by atoms with Crippen molar-refractivity contribution in [2.24, 2.45) is 0 Å². The zero-order valence-electron chi connectivity index (χ0n) is 10.7. The highest BCUT2D eigenvalue weighted by Gasteiger charge is 2.46. The first-order valence-electron chi connectivity index (χ1n) is 6.41. The summed E-state index contributed by atoms with van der Waals surface area (Å²) in [6.07, 6.45) is 4.15. The number of piperidine rings is 1. The van der Waals surface area contributed by atoms with Crippen LogP contribution in [0.15, 0.2) is 29.0 Å². The SMILES string of the molecule is O=C(O)C1(c2nc(-c3ccncc3)no2)CCNCC1. The van der Waals surface area contributed by atoms with E-state index >= 15 is 0 Å². The van der Waals surface area contributed by atoms with Crippen molar-refractivity contribution in [3.63, 3.8) is 0 Å². The lowest BCUT2D eigenvalue weighted by Gasteiger charge is -2.29. The number of nitrogens with zero attached hydrogens (tertiary/aromatic N) is 3. The van der Waals surface area contributed by atoms with Gasteiger partial charge in [0, 0.05) is 18.0 Å². The molecule has 0 bridgehead atoms. The van der Waals surface area contributed by atoms with E-state index < -0.39 is 11.4 Å². The third-order valence-corrected chi connectivity index (χ3v) is 3.64. The molecular formula is C13H14N4O3. The minimum atomic E-state index is -1.08. The number of hydrogen-bond donors (Lipinski definition) is 2. The molecule has 1 aliphatic rings. The molecule has 0 spiro atoms. The third kappa shape index (κ3) is 2.05. The number of pyridine rings is 1. The summed E-state index contributed by atoms with van der Waals surface area (Å²) in [5.74, 6) is -0.344. The Morgan fingerprint density at radius 1 is 1.30 bits per heavy atom. The van der Waals surface area contributed by atoms with E-state index in [0.29, 0.717) is 31.8 Å². The summed E-state index contributed by atoms with van der Waals surface area (Å²) < 4.78 is 5.23. The first kappa shape index (κ1) is 12.7. The zero-order chi connectivity index (χ0) is 14.0. The highest BCUT2D eigenvalue weighted by atomic mass is 16.5. The van der Waals surface area contributed by atoms with Crippen LogP contribution in [-0.2, 0) is 10.2 Å². The summed E-state index contributed by atoms with van der Waals surface area (Å²) >= 11 is 0. The van der Waals surface area contributed by atoms with Crippen molar-refractivity contribution in [3.05, 3.63) is 30.4 Å². The van der Waals surface area contributed by atoms with E-state index in [-0.39, 0.29) is 5.89 Å². The highest BCUT2D eigenvalue weighted by molar-refractivity contribution is 5.80. The standard InChI is InChI=1S/C13H14N4O3/c18-12(19)13(3-7-15-8-4-13)11-16-10(17-20-11)9-1-5-14-6-2-9/h1-2,5-6,15H,3-4,7-8H2,(H,18,19). The fourth-order valence-electron chi connectivity index (χ4n) is 2.41. The quantitative estimate of drug-likeness (QED) is 0.855. The van der Waals surface area contributed by atoms with Crippen LogP contribution in [0, 0.1) is 0 Å². The molecule has 2 aromatic rings. The molecule has 2 aromatic heterocycles. The molecule has 0 atom stereocenters. The molecule has 0 saturated carbocycles. The normalized spacial score (nSPS) is 17.8. The van der Waals surface area contributed by atoms with Crippen molar-refractivity contribution in [2.45, 2.75) is 18.3 Å². The van der Waals surface area contributed by atoms with Crippen LogP contribution in [0.2, 0.25) is 0 Å². The molecule has 3 heterocycles. The Labute approximate surface area is 115 Å². The molecule has 7 heteroatoms. The van der Waals surface area contributed by atoms with Gasteiger partial charge in [0.15, 0.2) is 0 Å². The van der Waals surface area contributed by atoms with E-state index in [2.05, 4.69) is 20.4 Å². The smallest absolute Gasteiger partial charge is 0.319 e. The maximum absolute atomic E-state index is 11.7. The minimum absolute atomic E-state index is 0.179. The number of hydrogen-bond acceptors (Lipinski definition) is 6. The molecule has 0 aliphatic carbocycles. The van der Waals surface area contributed by atoms with Gasteiger partial charge in [-0.3, -0.25) is 9.78 Å². The Balaban J connectivity index is 1.98. The molecule has 0 aromatic carbocycles. The van der Waals surface area contributed by atoms with Crippen LogP contribution in [-0.4, -0.2) is 39.3 Å². The third-order valence-electron chi connectivity index (χ3n) is 3.64. The van der Waals surface area contributed by atoms with Gasteiger partial charge < -0.3 is 14.9 Å². The van der Waals surface area contributed by atoms with Gasteiger partial charge in [0.1, 0.15) is 5.41 Å². The molecule has 1 fully saturated rings. The maximum Gasteiger partial charge on any atom is 0.319 e.